The third-order valence-corrected chi connectivity index (χ3v) is 6.65. The number of nitrogens with one attached hydrogen (secondary N) is 1. The van der Waals surface area contributed by atoms with Crippen LogP contribution in [0.3, 0.4) is 0 Å². The Kier molecular flexibility index (Phi) is 4.29. The van der Waals surface area contributed by atoms with Crippen LogP contribution in [0.1, 0.15) is 56.9 Å². The number of Topliss-reactive ketones (excluding diaryl/α,β-unsaturated/α-hetero) is 2. The summed E-state index contributed by atoms with van der Waals surface area (Å²) in [6.07, 6.45) is 7.75. The van der Waals surface area contributed by atoms with Crippen LogP contribution in [0.2, 0.25) is 0 Å². The van der Waals surface area contributed by atoms with E-state index < -0.39 is 5.41 Å². The molecule has 0 saturated heterocycles. The number of benzene rings is 1. The molecule has 3 aliphatic rings. The Balaban J connectivity index is 1.64. The van der Waals surface area contributed by atoms with Gasteiger partial charge in [-0.15, -0.1) is 0 Å². The van der Waals surface area contributed by atoms with Gasteiger partial charge in [0.15, 0.2) is 5.78 Å². The molecular weight excluding hydrogens is 298 g/mol. The number of rotatable bonds is 3. The van der Waals surface area contributed by atoms with E-state index in [9.17, 15) is 9.59 Å². The van der Waals surface area contributed by atoms with Crippen molar-refractivity contribution in [3.63, 3.8) is 0 Å². The van der Waals surface area contributed by atoms with Crippen LogP contribution >= 0.6 is 0 Å². The van der Waals surface area contributed by atoms with Gasteiger partial charge in [0.05, 0.1) is 0 Å². The first-order chi connectivity index (χ1) is 11.7. The van der Waals surface area contributed by atoms with Crippen molar-refractivity contribution in [3.05, 3.63) is 35.9 Å². The standard InChI is InChI=1S/C21H27NO2/c23-18-12-6-7-13-21(18)19(22-14-15-8-2-1-3-9-15)16-10-4-5-11-17(16)20(21)24/h1-3,8-9,16-17,19,22H,4-7,10-14H2/t16?,17?,19-,21-/m1/s1. The molecule has 0 bridgehead atoms. The van der Waals surface area contributed by atoms with Gasteiger partial charge in [-0.25, -0.2) is 0 Å². The first-order valence-corrected chi connectivity index (χ1v) is 9.58. The number of carbonyl (C=O) groups is 2. The predicted octanol–water partition coefficient (Wildman–Crippen LogP) is 3.66. The van der Waals surface area contributed by atoms with E-state index >= 15 is 0 Å². The van der Waals surface area contributed by atoms with E-state index in [0.29, 0.717) is 12.3 Å². The molecule has 3 aliphatic carbocycles. The van der Waals surface area contributed by atoms with Crippen molar-refractivity contribution in [2.24, 2.45) is 17.3 Å². The van der Waals surface area contributed by atoms with Gasteiger partial charge in [-0.2, -0.15) is 0 Å². The molecule has 1 N–H and O–H groups in total. The normalized spacial score (nSPS) is 36.1. The Labute approximate surface area is 144 Å². The van der Waals surface area contributed by atoms with E-state index in [1.807, 2.05) is 18.2 Å². The smallest absolute Gasteiger partial charge is 0.151 e. The first-order valence-electron chi connectivity index (χ1n) is 9.58. The molecule has 1 aromatic rings. The lowest BCUT2D eigenvalue weighted by atomic mass is 9.67. The SMILES string of the molecule is O=C1CCCC[C@@]12C(=O)C1CCCCC1[C@H]2NCc1ccccc1. The zero-order valence-corrected chi connectivity index (χ0v) is 14.3. The van der Waals surface area contributed by atoms with E-state index in [1.54, 1.807) is 0 Å². The summed E-state index contributed by atoms with van der Waals surface area (Å²) in [6, 6.07) is 10.4. The molecule has 3 saturated carbocycles. The summed E-state index contributed by atoms with van der Waals surface area (Å²) in [5.41, 5.74) is 0.509. The van der Waals surface area contributed by atoms with Gasteiger partial charge in [-0.05, 0) is 37.2 Å². The Morgan fingerprint density at radius 3 is 2.58 bits per heavy atom. The highest BCUT2D eigenvalue weighted by molar-refractivity contribution is 6.11. The summed E-state index contributed by atoms with van der Waals surface area (Å²) in [4.78, 5) is 26.2. The van der Waals surface area contributed by atoms with E-state index in [0.717, 1.165) is 45.1 Å². The molecule has 0 heterocycles. The van der Waals surface area contributed by atoms with Crippen molar-refractivity contribution in [1.29, 1.82) is 0 Å². The minimum Gasteiger partial charge on any atom is -0.308 e. The molecule has 2 unspecified atom stereocenters. The van der Waals surface area contributed by atoms with Crippen molar-refractivity contribution in [1.82, 2.24) is 5.32 Å². The number of fused-ring (bicyclic) bond motifs is 1. The van der Waals surface area contributed by atoms with Gasteiger partial charge in [-0.3, -0.25) is 9.59 Å². The highest BCUT2D eigenvalue weighted by Gasteiger charge is 2.63. The predicted molar refractivity (Wildman–Crippen MR) is 93.4 cm³/mol. The second kappa shape index (κ2) is 6.44. The van der Waals surface area contributed by atoms with Gasteiger partial charge in [0.1, 0.15) is 11.2 Å². The summed E-state index contributed by atoms with van der Waals surface area (Å²) < 4.78 is 0. The molecule has 0 aliphatic heterocycles. The summed E-state index contributed by atoms with van der Waals surface area (Å²) in [5, 5.41) is 3.68. The van der Waals surface area contributed by atoms with Gasteiger partial charge in [-0.1, -0.05) is 49.6 Å². The molecule has 0 amide bonds. The first kappa shape index (κ1) is 16.0. The Hall–Kier alpha value is -1.48. The molecule has 128 valence electrons. The summed E-state index contributed by atoms with van der Waals surface area (Å²) in [5.74, 6) is 0.979. The molecule has 3 heteroatoms. The maximum atomic E-state index is 13.3. The van der Waals surface area contributed by atoms with Gasteiger partial charge < -0.3 is 5.32 Å². The Bertz CT molecular complexity index is 626. The topological polar surface area (TPSA) is 46.2 Å². The fraction of sp³-hybridized carbons (Fsp3) is 0.619. The third-order valence-electron chi connectivity index (χ3n) is 6.65. The van der Waals surface area contributed by atoms with Crippen LogP contribution in [-0.4, -0.2) is 17.6 Å². The van der Waals surface area contributed by atoms with E-state index in [1.165, 1.54) is 12.0 Å². The minimum atomic E-state index is -0.716. The number of carbonyl (C=O) groups excluding carboxylic acids is 2. The van der Waals surface area contributed by atoms with Crippen LogP contribution in [-0.2, 0) is 16.1 Å². The molecule has 4 atom stereocenters. The van der Waals surface area contributed by atoms with E-state index in [-0.39, 0.29) is 23.5 Å². The molecule has 3 nitrogen and oxygen atoms in total. The van der Waals surface area contributed by atoms with Crippen LogP contribution in [0.5, 0.6) is 0 Å². The number of hydrogen-bond acceptors (Lipinski definition) is 3. The van der Waals surface area contributed by atoms with Crippen LogP contribution in [0.25, 0.3) is 0 Å². The molecule has 0 aromatic heterocycles. The summed E-state index contributed by atoms with van der Waals surface area (Å²) >= 11 is 0. The largest absolute Gasteiger partial charge is 0.308 e. The third kappa shape index (κ3) is 2.45. The van der Waals surface area contributed by atoms with Crippen molar-refractivity contribution in [2.45, 2.75) is 64.0 Å². The second-order valence-corrected chi connectivity index (χ2v) is 7.86. The van der Waals surface area contributed by atoms with Crippen LogP contribution < -0.4 is 5.32 Å². The Morgan fingerprint density at radius 1 is 1.00 bits per heavy atom. The molecule has 0 radical (unpaired) electrons. The quantitative estimate of drug-likeness (QED) is 0.863. The zero-order valence-electron chi connectivity index (χ0n) is 14.3. The second-order valence-electron chi connectivity index (χ2n) is 7.86. The highest BCUT2D eigenvalue weighted by atomic mass is 16.2. The Morgan fingerprint density at radius 2 is 1.79 bits per heavy atom. The summed E-state index contributed by atoms with van der Waals surface area (Å²) in [7, 11) is 0. The van der Waals surface area contributed by atoms with Crippen LogP contribution in [0, 0.1) is 17.3 Å². The summed E-state index contributed by atoms with van der Waals surface area (Å²) in [6.45, 7) is 0.747. The minimum absolute atomic E-state index is 0.0447. The van der Waals surface area contributed by atoms with Gasteiger partial charge >= 0.3 is 0 Å². The zero-order chi connectivity index (χ0) is 16.6. The van der Waals surface area contributed by atoms with Crippen molar-refractivity contribution in [2.75, 3.05) is 0 Å². The highest BCUT2D eigenvalue weighted by Crippen LogP contribution is 2.53. The van der Waals surface area contributed by atoms with Gasteiger partial charge in [0.25, 0.3) is 0 Å². The maximum absolute atomic E-state index is 13.3. The fourth-order valence-corrected chi connectivity index (χ4v) is 5.52. The maximum Gasteiger partial charge on any atom is 0.151 e. The molecule has 4 rings (SSSR count). The van der Waals surface area contributed by atoms with Crippen molar-refractivity contribution in [3.8, 4) is 0 Å². The van der Waals surface area contributed by atoms with Gasteiger partial charge in [0, 0.05) is 24.9 Å². The lowest BCUT2D eigenvalue weighted by Gasteiger charge is -2.38. The van der Waals surface area contributed by atoms with E-state index in [4.69, 9.17) is 0 Å². The molecule has 1 spiro atoms. The lowest BCUT2D eigenvalue weighted by Crippen LogP contribution is -2.53. The van der Waals surface area contributed by atoms with E-state index in [2.05, 4.69) is 17.4 Å². The number of hydrogen-bond donors (Lipinski definition) is 1. The van der Waals surface area contributed by atoms with Crippen LogP contribution in [0.4, 0.5) is 0 Å². The van der Waals surface area contributed by atoms with Crippen molar-refractivity contribution < 1.29 is 9.59 Å². The fourth-order valence-electron chi connectivity index (χ4n) is 5.52. The molecule has 3 fully saturated rings. The molecule has 1 aromatic carbocycles. The monoisotopic (exact) mass is 325 g/mol. The molecular formula is C21H27NO2. The van der Waals surface area contributed by atoms with Gasteiger partial charge in [0.2, 0.25) is 0 Å². The average Bonchev–Trinajstić information content (AvgIpc) is 2.86. The van der Waals surface area contributed by atoms with Crippen LogP contribution in [0.15, 0.2) is 30.3 Å². The lowest BCUT2D eigenvalue weighted by molar-refractivity contribution is -0.143. The number of ketones is 2. The molecule has 24 heavy (non-hydrogen) atoms. The average molecular weight is 325 g/mol. The van der Waals surface area contributed by atoms with Crippen molar-refractivity contribution >= 4 is 11.6 Å².